The van der Waals surface area contributed by atoms with E-state index in [4.69, 9.17) is 0 Å². The molecule has 9 aromatic carbocycles. The standard InChI is InChI=1S/C48H33N/c1-4-18-34(19-5-1)37-24-10-11-25-38(37)45-32-17-33-46(48(45)49(35-20-6-2-7-21-35)36-22-8-3-9-23-36)44-31-16-30-43-41-27-13-12-26-39(41)40-28-14-15-29-42(40)47(43)44/h1-33H. The molecule has 0 radical (unpaired) electrons. The first-order valence-corrected chi connectivity index (χ1v) is 16.9. The van der Waals surface area contributed by atoms with Gasteiger partial charge in [-0.2, -0.15) is 0 Å². The molecule has 0 atom stereocenters. The zero-order valence-corrected chi connectivity index (χ0v) is 27.0. The van der Waals surface area contributed by atoms with Crippen molar-refractivity contribution in [2.45, 2.75) is 0 Å². The van der Waals surface area contributed by atoms with Crippen molar-refractivity contribution in [2.24, 2.45) is 0 Å². The third-order valence-electron chi connectivity index (χ3n) is 9.65. The Morgan fingerprint density at radius 3 is 1.20 bits per heavy atom. The second kappa shape index (κ2) is 12.3. The molecule has 0 amide bonds. The third-order valence-corrected chi connectivity index (χ3v) is 9.65. The van der Waals surface area contributed by atoms with Gasteiger partial charge in [-0.05, 0) is 78.8 Å². The van der Waals surface area contributed by atoms with E-state index in [1.54, 1.807) is 0 Å². The molecule has 0 bridgehead atoms. The molecule has 0 saturated heterocycles. The molecule has 1 nitrogen and oxygen atoms in total. The van der Waals surface area contributed by atoms with Crippen LogP contribution in [0.4, 0.5) is 17.1 Å². The molecule has 0 heterocycles. The van der Waals surface area contributed by atoms with Gasteiger partial charge in [0.15, 0.2) is 0 Å². The van der Waals surface area contributed by atoms with Crippen LogP contribution in [0, 0.1) is 0 Å². The minimum Gasteiger partial charge on any atom is -0.309 e. The Hall–Kier alpha value is -6.44. The number of benzene rings is 9. The van der Waals surface area contributed by atoms with Crippen LogP contribution >= 0.6 is 0 Å². The van der Waals surface area contributed by atoms with E-state index in [1.165, 1.54) is 65.7 Å². The van der Waals surface area contributed by atoms with Crippen LogP contribution in [0.15, 0.2) is 200 Å². The number of rotatable bonds is 6. The topological polar surface area (TPSA) is 3.24 Å². The Morgan fingerprint density at radius 2 is 0.612 bits per heavy atom. The summed E-state index contributed by atoms with van der Waals surface area (Å²) in [7, 11) is 0. The normalized spacial score (nSPS) is 11.3. The van der Waals surface area contributed by atoms with Crippen molar-refractivity contribution in [3.8, 4) is 33.4 Å². The minimum atomic E-state index is 1.11. The molecule has 0 saturated carbocycles. The first-order chi connectivity index (χ1) is 24.4. The van der Waals surface area contributed by atoms with Crippen molar-refractivity contribution in [2.75, 3.05) is 4.90 Å². The van der Waals surface area contributed by atoms with Crippen molar-refractivity contribution in [1.82, 2.24) is 0 Å². The monoisotopic (exact) mass is 623 g/mol. The number of anilines is 3. The van der Waals surface area contributed by atoms with Crippen LogP contribution in [0.5, 0.6) is 0 Å². The third kappa shape index (κ3) is 4.96. The fourth-order valence-electron chi connectivity index (χ4n) is 7.55. The van der Waals surface area contributed by atoms with Gasteiger partial charge in [0.05, 0.1) is 5.69 Å². The van der Waals surface area contributed by atoms with E-state index < -0.39 is 0 Å². The van der Waals surface area contributed by atoms with E-state index in [1.807, 2.05) is 0 Å². The maximum Gasteiger partial charge on any atom is 0.0618 e. The fourth-order valence-corrected chi connectivity index (χ4v) is 7.55. The van der Waals surface area contributed by atoms with Crippen molar-refractivity contribution >= 4 is 49.4 Å². The molecule has 9 rings (SSSR count). The Kier molecular flexibility index (Phi) is 7.22. The van der Waals surface area contributed by atoms with Crippen molar-refractivity contribution in [1.29, 1.82) is 0 Å². The van der Waals surface area contributed by atoms with Gasteiger partial charge in [-0.3, -0.25) is 0 Å². The Bertz CT molecular complexity index is 2500. The number of hydrogen-bond acceptors (Lipinski definition) is 1. The molecule has 0 spiro atoms. The lowest BCUT2D eigenvalue weighted by molar-refractivity contribution is 1.28. The second-order valence-corrected chi connectivity index (χ2v) is 12.4. The predicted octanol–water partition coefficient (Wildman–Crippen LogP) is 13.6. The second-order valence-electron chi connectivity index (χ2n) is 12.4. The van der Waals surface area contributed by atoms with Crippen LogP contribution in [0.2, 0.25) is 0 Å². The van der Waals surface area contributed by atoms with Crippen molar-refractivity contribution in [3.05, 3.63) is 200 Å². The summed E-state index contributed by atoms with van der Waals surface area (Å²) in [5.74, 6) is 0. The van der Waals surface area contributed by atoms with Gasteiger partial charge in [-0.25, -0.2) is 0 Å². The summed E-state index contributed by atoms with van der Waals surface area (Å²) < 4.78 is 0. The summed E-state index contributed by atoms with van der Waals surface area (Å²) in [5, 5.41) is 7.62. The number of hydrogen-bond donors (Lipinski definition) is 0. The zero-order chi connectivity index (χ0) is 32.6. The molecule has 1 heteroatoms. The lowest BCUT2D eigenvalue weighted by atomic mass is 9.86. The van der Waals surface area contributed by atoms with Crippen LogP contribution in [0.3, 0.4) is 0 Å². The lowest BCUT2D eigenvalue weighted by Crippen LogP contribution is -2.12. The average Bonchev–Trinajstić information content (AvgIpc) is 3.19. The highest BCUT2D eigenvalue weighted by atomic mass is 15.1. The molecule has 230 valence electrons. The molecule has 9 aromatic rings. The van der Waals surface area contributed by atoms with Crippen LogP contribution in [-0.4, -0.2) is 0 Å². The quantitative estimate of drug-likeness (QED) is 0.167. The number of para-hydroxylation sites is 3. The molecular formula is C48H33N. The highest BCUT2D eigenvalue weighted by Gasteiger charge is 2.24. The molecular weight excluding hydrogens is 591 g/mol. The number of fused-ring (bicyclic) bond motifs is 6. The SMILES string of the molecule is c1ccc(-c2ccccc2-c2cccc(-c3cccc4c5ccccc5c5ccccc5c34)c2N(c2ccccc2)c2ccccc2)cc1. The smallest absolute Gasteiger partial charge is 0.0618 e. The summed E-state index contributed by atoms with van der Waals surface area (Å²) in [6.07, 6.45) is 0. The molecule has 0 unspecified atom stereocenters. The van der Waals surface area contributed by atoms with Gasteiger partial charge in [0.2, 0.25) is 0 Å². The van der Waals surface area contributed by atoms with Crippen LogP contribution < -0.4 is 4.90 Å². The maximum atomic E-state index is 2.44. The predicted molar refractivity (Wildman–Crippen MR) is 210 cm³/mol. The van der Waals surface area contributed by atoms with Gasteiger partial charge in [-0.15, -0.1) is 0 Å². The van der Waals surface area contributed by atoms with Crippen molar-refractivity contribution in [3.63, 3.8) is 0 Å². The molecule has 0 aliphatic carbocycles. The minimum absolute atomic E-state index is 1.11. The Labute approximate surface area is 287 Å². The van der Waals surface area contributed by atoms with Gasteiger partial charge in [0, 0.05) is 22.5 Å². The van der Waals surface area contributed by atoms with Gasteiger partial charge in [0.25, 0.3) is 0 Å². The van der Waals surface area contributed by atoms with Crippen LogP contribution in [-0.2, 0) is 0 Å². The van der Waals surface area contributed by atoms with E-state index in [2.05, 4.69) is 205 Å². The first-order valence-electron chi connectivity index (χ1n) is 16.9. The van der Waals surface area contributed by atoms with Gasteiger partial charge in [-0.1, -0.05) is 176 Å². The molecule has 0 fully saturated rings. The van der Waals surface area contributed by atoms with Crippen molar-refractivity contribution < 1.29 is 0 Å². The Balaban J connectivity index is 1.44. The van der Waals surface area contributed by atoms with E-state index in [0.29, 0.717) is 0 Å². The summed E-state index contributed by atoms with van der Waals surface area (Å²) in [6, 6.07) is 72.4. The van der Waals surface area contributed by atoms with Gasteiger partial charge in [0.1, 0.15) is 0 Å². The summed E-state index contributed by atoms with van der Waals surface area (Å²) >= 11 is 0. The maximum absolute atomic E-state index is 2.44. The summed E-state index contributed by atoms with van der Waals surface area (Å²) in [6.45, 7) is 0. The lowest BCUT2D eigenvalue weighted by Gasteiger charge is -2.31. The molecule has 49 heavy (non-hydrogen) atoms. The first kappa shape index (κ1) is 28.8. The van der Waals surface area contributed by atoms with E-state index in [0.717, 1.165) is 17.1 Å². The highest BCUT2D eigenvalue weighted by molar-refractivity contribution is 6.29. The van der Waals surface area contributed by atoms with E-state index in [-0.39, 0.29) is 0 Å². The average molecular weight is 624 g/mol. The Morgan fingerprint density at radius 1 is 0.245 bits per heavy atom. The van der Waals surface area contributed by atoms with Gasteiger partial charge >= 0.3 is 0 Å². The van der Waals surface area contributed by atoms with Gasteiger partial charge < -0.3 is 4.90 Å². The van der Waals surface area contributed by atoms with Crippen LogP contribution in [0.1, 0.15) is 0 Å². The largest absolute Gasteiger partial charge is 0.309 e. The molecule has 0 N–H and O–H groups in total. The van der Waals surface area contributed by atoms with E-state index in [9.17, 15) is 0 Å². The molecule has 0 aromatic heterocycles. The summed E-state index contributed by atoms with van der Waals surface area (Å²) in [5.41, 5.74) is 10.5. The zero-order valence-electron chi connectivity index (χ0n) is 27.0. The molecule has 0 aliphatic heterocycles. The van der Waals surface area contributed by atoms with E-state index >= 15 is 0 Å². The highest BCUT2D eigenvalue weighted by Crippen LogP contribution is 2.50. The fraction of sp³-hybridized carbons (Fsp3) is 0. The molecule has 0 aliphatic rings. The number of nitrogens with zero attached hydrogens (tertiary/aromatic N) is 1. The van der Waals surface area contributed by atoms with Crippen LogP contribution in [0.25, 0.3) is 65.7 Å². The summed E-state index contributed by atoms with van der Waals surface area (Å²) in [4.78, 5) is 2.44.